The predicted octanol–water partition coefficient (Wildman–Crippen LogP) is 2.64. The van der Waals surface area contributed by atoms with E-state index in [4.69, 9.17) is 10.00 Å². The molecule has 2 rings (SSSR count). The van der Waals surface area contributed by atoms with Crippen molar-refractivity contribution < 1.29 is 9.53 Å². The lowest BCUT2D eigenvalue weighted by Gasteiger charge is -2.29. The maximum Gasteiger partial charge on any atom is 0.234 e. The van der Waals surface area contributed by atoms with Crippen molar-refractivity contribution in [2.24, 2.45) is 0 Å². The molecule has 0 radical (unpaired) electrons. The highest BCUT2D eigenvalue weighted by molar-refractivity contribution is 5.78. The Kier molecular flexibility index (Phi) is 6.89. The second kappa shape index (κ2) is 9.16. The largest absolute Gasteiger partial charge is 0.497 e. The molecule has 1 amide bonds. The molecule has 1 aliphatic heterocycles. The number of nitrogens with one attached hydrogen (secondary N) is 1. The first-order valence-electron chi connectivity index (χ1n) is 8.26. The van der Waals surface area contributed by atoms with E-state index in [-0.39, 0.29) is 11.9 Å². The number of hydrogen-bond donors (Lipinski definition) is 1. The molecule has 1 fully saturated rings. The van der Waals surface area contributed by atoms with Crippen molar-refractivity contribution in [1.29, 1.82) is 5.26 Å². The lowest BCUT2D eigenvalue weighted by atomic mass is 10.0. The highest BCUT2D eigenvalue weighted by atomic mass is 16.5. The van der Waals surface area contributed by atoms with Crippen molar-refractivity contribution in [1.82, 2.24) is 10.2 Å². The van der Waals surface area contributed by atoms with Crippen LogP contribution in [0.2, 0.25) is 0 Å². The molecule has 1 aromatic rings. The van der Waals surface area contributed by atoms with Crippen LogP contribution in [0.25, 0.3) is 0 Å². The van der Waals surface area contributed by atoms with Crippen LogP contribution in [0.1, 0.15) is 43.7 Å². The van der Waals surface area contributed by atoms with Crippen molar-refractivity contribution in [2.45, 2.75) is 38.1 Å². The fourth-order valence-corrected chi connectivity index (χ4v) is 3.06. The number of likely N-dealkylation sites (tertiary alicyclic amines) is 1. The van der Waals surface area contributed by atoms with E-state index in [1.165, 1.54) is 18.4 Å². The van der Waals surface area contributed by atoms with Crippen LogP contribution in [-0.2, 0) is 4.79 Å². The van der Waals surface area contributed by atoms with E-state index < -0.39 is 0 Å². The van der Waals surface area contributed by atoms with Gasteiger partial charge in [-0.2, -0.15) is 5.26 Å². The normalized spacial score (nSPS) is 18.7. The monoisotopic (exact) mass is 315 g/mol. The van der Waals surface area contributed by atoms with Crippen LogP contribution in [0.15, 0.2) is 24.3 Å². The van der Waals surface area contributed by atoms with Crippen LogP contribution < -0.4 is 10.1 Å². The molecule has 23 heavy (non-hydrogen) atoms. The van der Waals surface area contributed by atoms with Crippen molar-refractivity contribution >= 4 is 5.91 Å². The van der Waals surface area contributed by atoms with Gasteiger partial charge in [0.1, 0.15) is 5.75 Å². The summed E-state index contributed by atoms with van der Waals surface area (Å²) in [5, 5.41) is 11.4. The van der Waals surface area contributed by atoms with Gasteiger partial charge in [0.2, 0.25) is 5.91 Å². The number of rotatable bonds is 6. The first-order chi connectivity index (χ1) is 11.2. The Balaban J connectivity index is 2.03. The Labute approximate surface area is 138 Å². The van der Waals surface area contributed by atoms with E-state index in [0.717, 1.165) is 25.1 Å². The Morgan fingerprint density at radius 3 is 2.83 bits per heavy atom. The topological polar surface area (TPSA) is 65.4 Å². The number of nitrogens with zero attached hydrogens (tertiary/aromatic N) is 2. The molecular weight excluding hydrogens is 290 g/mol. The van der Waals surface area contributed by atoms with Gasteiger partial charge in [-0.25, -0.2) is 0 Å². The van der Waals surface area contributed by atoms with Crippen LogP contribution in [0.3, 0.4) is 0 Å². The number of methoxy groups -OCH3 is 1. The van der Waals surface area contributed by atoms with Crippen LogP contribution in [0.4, 0.5) is 0 Å². The van der Waals surface area contributed by atoms with E-state index in [1.54, 1.807) is 7.11 Å². The molecule has 5 heteroatoms. The Morgan fingerprint density at radius 2 is 2.13 bits per heavy atom. The van der Waals surface area contributed by atoms with Crippen LogP contribution in [0.5, 0.6) is 5.75 Å². The number of carbonyl (C=O) groups excluding carboxylic acids is 1. The second-order valence-corrected chi connectivity index (χ2v) is 5.87. The maximum absolute atomic E-state index is 12.1. The third-order valence-electron chi connectivity index (χ3n) is 4.27. The third-order valence-corrected chi connectivity index (χ3v) is 4.27. The number of nitriles is 1. The summed E-state index contributed by atoms with van der Waals surface area (Å²) in [6, 6.07) is 10.5. The van der Waals surface area contributed by atoms with Crippen LogP contribution in [-0.4, -0.2) is 37.6 Å². The van der Waals surface area contributed by atoms with Gasteiger partial charge in [-0.15, -0.1) is 0 Å². The SMILES string of the molecule is COc1ccc([C@H]2CCCCCN2CC(=O)NCCC#N)cc1. The summed E-state index contributed by atoms with van der Waals surface area (Å²) in [6.45, 7) is 1.75. The lowest BCUT2D eigenvalue weighted by Crippen LogP contribution is -2.39. The minimum absolute atomic E-state index is 0.000613. The molecule has 0 aliphatic carbocycles. The Morgan fingerprint density at radius 1 is 1.35 bits per heavy atom. The van der Waals surface area contributed by atoms with Crippen molar-refractivity contribution in [3.8, 4) is 11.8 Å². The minimum Gasteiger partial charge on any atom is -0.497 e. The van der Waals surface area contributed by atoms with E-state index in [9.17, 15) is 4.79 Å². The second-order valence-electron chi connectivity index (χ2n) is 5.87. The molecule has 1 heterocycles. The quantitative estimate of drug-likeness (QED) is 0.820. The fraction of sp³-hybridized carbons (Fsp3) is 0.556. The molecular formula is C18H25N3O2. The zero-order valence-corrected chi connectivity index (χ0v) is 13.8. The zero-order valence-electron chi connectivity index (χ0n) is 13.8. The summed E-state index contributed by atoms with van der Waals surface area (Å²) in [5.74, 6) is 0.851. The molecule has 1 atom stereocenters. The highest BCUT2D eigenvalue weighted by Crippen LogP contribution is 2.30. The van der Waals surface area contributed by atoms with Gasteiger partial charge in [-0.05, 0) is 37.1 Å². The average molecular weight is 315 g/mol. The summed E-state index contributed by atoms with van der Waals surface area (Å²) >= 11 is 0. The molecule has 0 bridgehead atoms. The van der Waals surface area contributed by atoms with Crippen LogP contribution >= 0.6 is 0 Å². The molecule has 1 aliphatic rings. The lowest BCUT2D eigenvalue weighted by molar-refractivity contribution is -0.122. The molecule has 1 aromatic carbocycles. The van der Waals surface area contributed by atoms with Gasteiger partial charge in [0, 0.05) is 12.6 Å². The summed E-state index contributed by atoms with van der Waals surface area (Å²) in [6.07, 6.45) is 4.94. The molecule has 1 N–H and O–H groups in total. The molecule has 1 saturated heterocycles. The standard InChI is InChI=1S/C18H25N3O2/c1-23-16-9-7-15(8-10-16)17-6-3-2-4-13-21(17)14-18(22)20-12-5-11-19/h7-10,17H,2-6,12-14H2,1H3,(H,20,22)/t17-/m1/s1. The van der Waals surface area contributed by atoms with Gasteiger partial charge in [-0.1, -0.05) is 25.0 Å². The van der Waals surface area contributed by atoms with Crippen LogP contribution in [0, 0.1) is 11.3 Å². The predicted molar refractivity (Wildman–Crippen MR) is 89.0 cm³/mol. The van der Waals surface area contributed by atoms with E-state index >= 15 is 0 Å². The van der Waals surface area contributed by atoms with Gasteiger partial charge in [-0.3, -0.25) is 9.69 Å². The minimum atomic E-state index is 0.000613. The first kappa shape index (κ1) is 17.3. The van der Waals surface area contributed by atoms with Gasteiger partial charge in [0.05, 0.1) is 26.1 Å². The Hall–Kier alpha value is -2.06. The van der Waals surface area contributed by atoms with Crippen molar-refractivity contribution in [2.75, 3.05) is 26.7 Å². The molecule has 5 nitrogen and oxygen atoms in total. The van der Waals surface area contributed by atoms with E-state index in [0.29, 0.717) is 19.5 Å². The average Bonchev–Trinajstić information content (AvgIpc) is 2.80. The Bertz CT molecular complexity index is 536. The number of benzene rings is 1. The third kappa shape index (κ3) is 5.26. The molecule has 0 unspecified atom stereocenters. The highest BCUT2D eigenvalue weighted by Gasteiger charge is 2.24. The molecule has 0 saturated carbocycles. The van der Waals surface area contributed by atoms with Gasteiger partial charge in [0.15, 0.2) is 0 Å². The summed E-state index contributed by atoms with van der Waals surface area (Å²) in [4.78, 5) is 14.4. The molecule has 124 valence electrons. The van der Waals surface area contributed by atoms with E-state index in [1.807, 2.05) is 18.2 Å². The fourth-order valence-electron chi connectivity index (χ4n) is 3.06. The molecule has 0 spiro atoms. The smallest absolute Gasteiger partial charge is 0.234 e. The number of carbonyl (C=O) groups is 1. The van der Waals surface area contributed by atoms with Crippen molar-refractivity contribution in [3.05, 3.63) is 29.8 Å². The summed E-state index contributed by atoms with van der Waals surface area (Å²) in [7, 11) is 1.67. The summed E-state index contributed by atoms with van der Waals surface area (Å²) in [5.41, 5.74) is 1.23. The van der Waals surface area contributed by atoms with E-state index in [2.05, 4.69) is 22.3 Å². The van der Waals surface area contributed by atoms with Crippen molar-refractivity contribution in [3.63, 3.8) is 0 Å². The maximum atomic E-state index is 12.1. The summed E-state index contributed by atoms with van der Waals surface area (Å²) < 4.78 is 5.22. The zero-order chi connectivity index (χ0) is 16.5. The number of hydrogen-bond acceptors (Lipinski definition) is 4. The number of ether oxygens (including phenoxy) is 1. The van der Waals surface area contributed by atoms with Gasteiger partial charge < -0.3 is 10.1 Å². The van der Waals surface area contributed by atoms with Gasteiger partial charge >= 0.3 is 0 Å². The van der Waals surface area contributed by atoms with Gasteiger partial charge in [0.25, 0.3) is 0 Å². The first-order valence-corrected chi connectivity index (χ1v) is 8.26. The number of amides is 1. The molecule has 0 aromatic heterocycles.